The Kier molecular flexibility index (Phi) is 3.97. The van der Waals surface area contributed by atoms with Crippen LogP contribution in [0, 0.1) is 0 Å². The first-order valence-electron chi connectivity index (χ1n) is 6.73. The summed E-state index contributed by atoms with van der Waals surface area (Å²) in [5.74, 6) is 1.25. The molecule has 5 N–H and O–H groups in total. The molecule has 0 saturated carbocycles. The molecule has 2 aromatic rings. The zero-order valence-corrected chi connectivity index (χ0v) is 12.1. The summed E-state index contributed by atoms with van der Waals surface area (Å²) < 4.78 is 10.6. The fourth-order valence-electron chi connectivity index (χ4n) is 2.18. The largest absolute Gasteiger partial charge is 0.467 e. The lowest BCUT2D eigenvalue weighted by Crippen LogP contribution is -2.36. The predicted octanol–water partition coefficient (Wildman–Crippen LogP) is 1.17. The zero-order chi connectivity index (χ0) is 15.4. The number of rotatable bonds is 5. The number of nitrogens with two attached hydrogens (primary N) is 1. The Balaban J connectivity index is 1.97. The Hall–Kier alpha value is -2.93. The maximum Gasteiger partial charge on any atom is 0.188 e. The summed E-state index contributed by atoms with van der Waals surface area (Å²) in [7, 11) is 1.59. The van der Waals surface area contributed by atoms with E-state index in [1.54, 1.807) is 19.5 Å². The van der Waals surface area contributed by atoms with Crippen molar-refractivity contribution in [2.75, 3.05) is 13.9 Å². The molecule has 1 aliphatic heterocycles. The van der Waals surface area contributed by atoms with E-state index in [0.717, 1.165) is 28.1 Å². The summed E-state index contributed by atoms with van der Waals surface area (Å²) in [4.78, 5) is 0. The standard InChI is InChI=1S/C15H17N5O2/c1-21-9-22-14-5-3-2-4-11(14)13-6-12(15(16)20-19-13)10-7-17-18-8-10/h2-8,19-20H,9,16H2,1H3,(H,17,18). The third-order valence-corrected chi connectivity index (χ3v) is 3.23. The van der Waals surface area contributed by atoms with E-state index in [-0.39, 0.29) is 6.79 Å². The van der Waals surface area contributed by atoms with Crippen molar-refractivity contribution in [2.24, 2.45) is 5.73 Å². The van der Waals surface area contributed by atoms with Crippen molar-refractivity contribution in [3.8, 4) is 5.75 Å². The molecule has 0 atom stereocenters. The fourth-order valence-corrected chi connectivity index (χ4v) is 2.18. The van der Waals surface area contributed by atoms with E-state index in [4.69, 9.17) is 15.2 Å². The van der Waals surface area contributed by atoms with E-state index in [0.29, 0.717) is 5.82 Å². The third-order valence-electron chi connectivity index (χ3n) is 3.23. The summed E-state index contributed by atoms with van der Waals surface area (Å²) in [6.45, 7) is 0.185. The van der Waals surface area contributed by atoms with Crippen LogP contribution < -0.4 is 21.3 Å². The average molecular weight is 299 g/mol. The normalized spacial score (nSPS) is 14.1. The topological polar surface area (TPSA) is 97.2 Å². The first-order chi connectivity index (χ1) is 10.8. The maximum absolute atomic E-state index is 6.00. The molecule has 114 valence electrons. The van der Waals surface area contributed by atoms with Gasteiger partial charge in [0.15, 0.2) is 6.79 Å². The van der Waals surface area contributed by atoms with Crippen LogP contribution in [-0.2, 0) is 4.74 Å². The first-order valence-corrected chi connectivity index (χ1v) is 6.73. The second-order valence-corrected chi connectivity index (χ2v) is 4.67. The molecule has 0 unspecified atom stereocenters. The summed E-state index contributed by atoms with van der Waals surface area (Å²) >= 11 is 0. The average Bonchev–Trinajstić information content (AvgIpc) is 3.08. The molecule has 0 saturated heterocycles. The van der Waals surface area contributed by atoms with E-state index >= 15 is 0 Å². The first kappa shape index (κ1) is 14.0. The lowest BCUT2D eigenvalue weighted by atomic mass is 10.0. The Morgan fingerprint density at radius 3 is 2.86 bits per heavy atom. The number of hydrogen-bond acceptors (Lipinski definition) is 6. The van der Waals surface area contributed by atoms with Gasteiger partial charge in [-0.05, 0) is 18.2 Å². The van der Waals surface area contributed by atoms with Gasteiger partial charge in [-0.1, -0.05) is 12.1 Å². The van der Waals surface area contributed by atoms with Gasteiger partial charge in [0, 0.05) is 30.0 Å². The number of ether oxygens (including phenoxy) is 2. The zero-order valence-electron chi connectivity index (χ0n) is 12.1. The van der Waals surface area contributed by atoms with E-state index in [2.05, 4.69) is 21.0 Å². The molecular weight excluding hydrogens is 282 g/mol. The van der Waals surface area contributed by atoms with Gasteiger partial charge >= 0.3 is 0 Å². The van der Waals surface area contributed by atoms with Gasteiger partial charge in [-0.25, -0.2) is 0 Å². The molecule has 1 aromatic heterocycles. The fraction of sp³-hybridized carbons (Fsp3) is 0.133. The molecular formula is C15H17N5O2. The number of allylic oxidation sites excluding steroid dienone is 2. The van der Waals surface area contributed by atoms with Crippen molar-refractivity contribution in [3.63, 3.8) is 0 Å². The van der Waals surface area contributed by atoms with Gasteiger partial charge in [-0.2, -0.15) is 5.10 Å². The van der Waals surface area contributed by atoms with Crippen LogP contribution in [0.15, 0.2) is 48.6 Å². The van der Waals surface area contributed by atoms with Gasteiger partial charge in [0.2, 0.25) is 0 Å². The highest BCUT2D eigenvalue weighted by Crippen LogP contribution is 2.29. The molecule has 0 radical (unpaired) electrons. The van der Waals surface area contributed by atoms with Crippen molar-refractivity contribution in [2.45, 2.75) is 0 Å². The van der Waals surface area contributed by atoms with Gasteiger partial charge < -0.3 is 15.2 Å². The SMILES string of the molecule is COCOc1ccccc1C1=CC(c2cn[nH]c2)=C(N)NN1. The Morgan fingerprint density at radius 2 is 2.09 bits per heavy atom. The lowest BCUT2D eigenvalue weighted by molar-refractivity contribution is 0.0509. The molecule has 2 heterocycles. The molecule has 0 fully saturated rings. The number of aromatic amines is 1. The highest BCUT2D eigenvalue weighted by Gasteiger charge is 2.16. The van der Waals surface area contributed by atoms with E-state index < -0.39 is 0 Å². The molecule has 0 amide bonds. The predicted molar refractivity (Wildman–Crippen MR) is 82.9 cm³/mol. The van der Waals surface area contributed by atoms with Gasteiger partial charge in [0.05, 0.1) is 11.9 Å². The minimum atomic E-state index is 0.185. The summed E-state index contributed by atoms with van der Waals surface area (Å²) in [5, 5.41) is 6.74. The number of aromatic nitrogens is 2. The number of methoxy groups -OCH3 is 1. The van der Waals surface area contributed by atoms with Crippen LogP contribution in [0.25, 0.3) is 11.3 Å². The van der Waals surface area contributed by atoms with Gasteiger partial charge in [0.25, 0.3) is 0 Å². The number of hydrazine groups is 1. The number of benzene rings is 1. The minimum absolute atomic E-state index is 0.185. The van der Waals surface area contributed by atoms with Gasteiger partial charge in [-0.15, -0.1) is 0 Å². The molecule has 7 heteroatoms. The molecule has 1 aromatic carbocycles. The Morgan fingerprint density at radius 1 is 1.23 bits per heavy atom. The van der Waals surface area contributed by atoms with E-state index in [9.17, 15) is 0 Å². The number of hydrogen-bond donors (Lipinski definition) is 4. The van der Waals surface area contributed by atoms with Crippen LogP contribution in [0.1, 0.15) is 11.1 Å². The lowest BCUT2D eigenvalue weighted by Gasteiger charge is -2.22. The number of nitrogens with zero attached hydrogens (tertiary/aromatic N) is 1. The van der Waals surface area contributed by atoms with Crippen molar-refractivity contribution in [3.05, 3.63) is 59.7 Å². The number of H-pyrrole nitrogens is 1. The monoisotopic (exact) mass is 299 g/mol. The molecule has 7 nitrogen and oxygen atoms in total. The minimum Gasteiger partial charge on any atom is -0.467 e. The summed E-state index contributed by atoms with van der Waals surface area (Å²) in [6.07, 6.45) is 5.46. The molecule has 1 aliphatic rings. The summed E-state index contributed by atoms with van der Waals surface area (Å²) in [5.41, 5.74) is 15.5. The molecule has 0 spiro atoms. The third kappa shape index (κ3) is 2.75. The van der Waals surface area contributed by atoms with E-state index in [1.165, 1.54) is 0 Å². The molecule has 3 rings (SSSR count). The van der Waals surface area contributed by atoms with Crippen LogP contribution in [-0.4, -0.2) is 24.1 Å². The van der Waals surface area contributed by atoms with Crippen LogP contribution in [0.4, 0.5) is 0 Å². The van der Waals surface area contributed by atoms with Gasteiger partial charge in [-0.3, -0.25) is 16.0 Å². The van der Waals surface area contributed by atoms with Crippen molar-refractivity contribution in [1.29, 1.82) is 0 Å². The summed E-state index contributed by atoms with van der Waals surface area (Å²) in [6, 6.07) is 7.69. The van der Waals surface area contributed by atoms with Crippen LogP contribution in [0.2, 0.25) is 0 Å². The second-order valence-electron chi connectivity index (χ2n) is 4.67. The number of nitrogens with one attached hydrogen (secondary N) is 3. The van der Waals surface area contributed by atoms with Crippen LogP contribution >= 0.6 is 0 Å². The van der Waals surface area contributed by atoms with Gasteiger partial charge in [0.1, 0.15) is 11.6 Å². The van der Waals surface area contributed by atoms with Crippen LogP contribution in [0.5, 0.6) is 5.75 Å². The quantitative estimate of drug-likeness (QED) is 0.619. The van der Waals surface area contributed by atoms with Crippen LogP contribution in [0.3, 0.4) is 0 Å². The highest BCUT2D eigenvalue weighted by atomic mass is 16.7. The Bertz CT molecular complexity index is 706. The molecule has 0 bridgehead atoms. The maximum atomic E-state index is 6.00. The van der Waals surface area contributed by atoms with Crippen molar-refractivity contribution >= 4 is 11.3 Å². The highest BCUT2D eigenvalue weighted by molar-refractivity contribution is 5.86. The second kappa shape index (κ2) is 6.23. The molecule has 22 heavy (non-hydrogen) atoms. The smallest absolute Gasteiger partial charge is 0.188 e. The molecule has 0 aliphatic carbocycles. The van der Waals surface area contributed by atoms with E-state index in [1.807, 2.05) is 30.3 Å². The van der Waals surface area contributed by atoms with Crippen molar-refractivity contribution in [1.82, 2.24) is 21.0 Å². The van der Waals surface area contributed by atoms with Crippen molar-refractivity contribution < 1.29 is 9.47 Å². The number of para-hydroxylation sites is 1. The Labute approximate surface area is 127 Å².